The third kappa shape index (κ3) is 3.79. The lowest BCUT2D eigenvalue weighted by Gasteiger charge is -2.15. The quantitative estimate of drug-likeness (QED) is 0.917. The summed E-state index contributed by atoms with van der Waals surface area (Å²) in [6, 6.07) is 9.56. The highest BCUT2D eigenvalue weighted by molar-refractivity contribution is 7.10. The maximum atomic E-state index is 12.2. The molecule has 0 atom stereocenters. The van der Waals surface area contributed by atoms with Gasteiger partial charge in [-0.25, -0.2) is 0 Å². The average Bonchev–Trinajstić information content (AvgIpc) is 3.14. The molecule has 2 aromatic rings. The first-order valence-electron chi connectivity index (χ1n) is 7.81. The Morgan fingerprint density at radius 1 is 1.26 bits per heavy atom. The van der Waals surface area contributed by atoms with Crippen molar-refractivity contribution < 1.29 is 9.59 Å². The van der Waals surface area contributed by atoms with Crippen molar-refractivity contribution >= 4 is 23.2 Å². The molecule has 1 fully saturated rings. The van der Waals surface area contributed by atoms with Gasteiger partial charge in [0.2, 0.25) is 5.91 Å². The molecular formula is C18H20N2O2S. The molecule has 5 heteroatoms. The van der Waals surface area contributed by atoms with Crippen LogP contribution in [0.2, 0.25) is 0 Å². The third-order valence-electron chi connectivity index (χ3n) is 4.14. The molecule has 0 radical (unpaired) electrons. The van der Waals surface area contributed by atoms with Gasteiger partial charge in [0.05, 0.1) is 6.54 Å². The van der Waals surface area contributed by atoms with Crippen LogP contribution in [0.1, 0.15) is 39.2 Å². The van der Waals surface area contributed by atoms with Crippen LogP contribution in [0.5, 0.6) is 0 Å². The molecular weight excluding hydrogens is 308 g/mol. The molecule has 120 valence electrons. The number of nitrogens with one attached hydrogen (secondary N) is 1. The largest absolute Gasteiger partial charge is 0.347 e. The molecule has 0 bridgehead atoms. The molecule has 2 amide bonds. The summed E-state index contributed by atoms with van der Waals surface area (Å²) in [5, 5.41) is 4.98. The number of carbonyl (C=O) groups is 2. The molecule has 1 aromatic carbocycles. The number of nitrogens with zero attached hydrogens (tertiary/aromatic N) is 1. The molecule has 4 nitrogen and oxygen atoms in total. The van der Waals surface area contributed by atoms with Gasteiger partial charge in [-0.3, -0.25) is 9.59 Å². The Kier molecular flexibility index (Phi) is 4.76. The van der Waals surface area contributed by atoms with Crippen molar-refractivity contribution in [3.8, 4) is 0 Å². The van der Waals surface area contributed by atoms with Gasteiger partial charge in [-0.15, -0.1) is 11.3 Å². The number of benzene rings is 1. The smallest absolute Gasteiger partial charge is 0.251 e. The highest BCUT2D eigenvalue weighted by Crippen LogP contribution is 2.16. The summed E-state index contributed by atoms with van der Waals surface area (Å²) in [5.74, 6) is 0.153. The van der Waals surface area contributed by atoms with Crippen molar-refractivity contribution in [1.29, 1.82) is 0 Å². The first kappa shape index (κ1) is 15.7. The predicted molar refractivity (Wildman–Crippen MR) is 91.3 cm³/mol. The van der Waals surface area contributed by atoms with E-state index in [0.717, 1.165) is 18.5 Å². The van der Waals surface area contributed by atoms with E-state index < -0.39 is 0 Å². The molecule has 1 aliphatic heterocycles. The van der Waals surface area contributed by atoms with Gasteiger partial charge in [-0.1, -0.05) is 12.1 Å². The van der Waals surface area contributed by atoms with Crippen molar-refractivity contribution in [2.24, 2.45) is 0 Å². The minimum Gasteiger partial charge on any atom is -0.347 e. The third-order valence-corrected chi connectivity index (χ3v) is 5.16. The maximum absolute atomic E-state index is 12.2. The molecule has 0 unspecified atom stereocenters. The fraction of sp³-hybridized carbons (Fsp3) is 0.333. The molecule has 1 aromatic heterocycles. The van der Waals surface area contributed by atoms with Crippen LogP contribution < -0.4 is 5.32 Å². The molecule has 23 heavy (non-hydrogen) atoms. The van der Waals surface area contributed by atoms with E-state index in [2.05, 4.69) is 11.4 Å². The number of carbonyl (C=O) groups excluding carboxylic acids is 2. The van der Waals surface area contributed by atoms with E-state index in [1.165, 1.54) is 10.4 Å². The van der Waals surface area contributed by atoms with Gasteiger partial charge in [0, 0.05) is 30.0 Å². The summed E-state index contributed by atoms with van der Waals surface area (Å²) < 4.78 is 0. The Hall–Kier alpha value is -2.14. The second kappa shape index (κ2) is 6.96. The van der Waals surface area contributed by atoms with Gasteiger partial charge in [0.1, 0.15) is 0 Å². The van der Waals surface area contributed by atoms with E-state index in [9.17, 15) is 9.59 Å². The summed E-state index contributed by atoms with van der Waals surface area (Å²) in [6.07, 6.45) is 1.60. The molecule has 3 rings (SSSR count). The second-order valence-corrected chi connectivity index (χ2v) is 6.83. The van der Waals surface area contributed by atoms with Gasteiger partial charge in [-0.05, 0) is 48.1 Å². The van der Waals surface area contributed by atoms with Crippen LogP contribution in [0.3, 0.4) is 0 Å². The highest BCUT2D eigenvalue weighted by atomic mass is 32.1. The number of thiophene rings is 1. The van der Waals surface area contributed by atoms with Crippen LogP contribution in [0.25, 0.3) is 0 Å². The van der Waals surface area contributed by atoms with E-state index in [-0.39, 0.29) is 11.8 Å². The highest BCUT2D eigenvalue weighted by Gasteiger charge is 2.19. The van der Waals surface area contributed by atoms with Crippen LogP contribution in [-0.4, -0.2) is 23.3 Å². The number of hydrogen-bond acceptors (Lipinski definition) is 3. The Bertz CT molecular complexity index is 706. The lowest BCUT2D eigenvalue weighted by atomic mass is 10.1. The average molecular weight is 328 g/mol. The monoisotopic (exact) mass is 328 g/mol. The zero-order chi connectivity index (χ0) is 16.2. The van der Waals surface area contributed by atoms with Gasteiger partial charge in [0.25, 0.3) is 5.91 Å². The minimum atomic E-state index is -0.0680. The molecule has 1 saturated heterocycles. The van der Waals surface area contributed by atoms with Crippen LogP contribution >= 0.6 is 11.3 Å². The number of likely N-dealkylation sites (tertiary alicyclic amines) is 1. The van der Waals surface area contributed by atoms with Crippen molar-refractivity contribution in [1.82, 2.24) is 10.2 Å². The van der Waals surface area contributed by atoms with E-state index in [4.69, 9.17) is 0 Å². The van der Waals surface area contributed by atoms with Crippen molar-refractivity contribution in [3.63, 3.8) is 0 Å². The van der Waals surface area contributed by atoms with Crippen molar-refractivity contribution in [3.05, 3.63) is 57.3 Å². The number of amides is 2. The number of aryl methyl sites for hydroxylation is 1. The minimum absolute atomic E-state index is 0.0680. The number of hydrogen-bond donors (Lipinski definition) is 1. The fourth-order valence-corrected chi connectivity index (χ4v) is 3.55. The number of rotatable bonds is 5. The second-order valence-electron chi connectivity index (χ2n) is 5.83. The summed E-state index contributed by atoms with van der Waals surface area (Å²) in [4.78, 5) is 26.9. The molecule has 0 aliphatic carbocycles. The standard InChI is InChI=1S/C18H20N2O2S/c1-13-8-10-23-16(13)11-19-18(22)15-6-4-14(5-7-15)12-20-9-2-3-17(20)21/h4-8,10H,2-3,9,11-12H2,1H3,(H,19,22). The van der Waals surface area contributed by atoms with Gasteiger partial charge in [-0.2, -0.15) is 0 Å². The molecule has 1 N–H and O–H groups in total. The molecule has 0 saturated carbocycles. The molecule has 1 aliphatic rings. The van der Waals surface area contributed by atoms with Crippen LogP contribution in [0, 0.1) is 6.92 Å². The first-order chi connectivity index (χ1) is 11.1. The van der Waals surface area contributed by atoms with E-state index in [1.54, 1.807) is 11.3 Å². The summed E-state index contributed by atoms with van der Waals surface area (Å²) in [7, 11) is 0. The summed E-state index contributed by atoms with van der Waals surface area (Å²) in [6.45, 7) is 4.08. The lowest BCUT2D eigenvalue weighted by molar-refractivity contribution is -0.128. The summed E-state index contributed by atoms with van der Waals surface area (Å²) >= 11 is 1.65. The van der Waals surface area contributed by atoms with Crippen LogP contribution in [-0.2, 0) is 17.9 Å². The first-order valence-corrected chi connectivity index (χ1v) is 8.69. The Balaban J connectivity index is 1.57. The fourth-order valence-electron chi connectivity index (χ4n) is 2.70. The summed E-state index contributed by atoms with van der Waals surface area (Å²) in [5.41, 5.74) is 2.92. The Morgan fingerprint density at radius 3 is 2.65 bits per heavy atom. The van der Waals surface area contributed by atoms with E-state index in [0.29, 0.717) is 25.1 Å². The van der Waals surface area contributed by atoms with Gasteiger partial charge in [0.15, 0.2) is 0 Å². The van der Waals surface area contributed by atoms with Crippen LogP contribution in [0.4, 0.5) is 0 Å². The van der Waals surface area contributed by atoms with E-state index >= 15 is 0 Å². The predicted octanol–water partition coefficient (Wildman–Crippen LogP) is 3.11. The Labute approximate surface area is 140 Å². The zero-order valence-corrected chi connectivity index (χ0v) is 14.0. The van der Waals surface area contributed by atoms with Gasteiger partial charge >= 0.3 is 0 Å². The SMILES string of the molecule is Cc1ccsc1CNC(=O)c1ccc(CN2CCCC2=O)cc1. The van der Waals surface area contributed by atoms with Crippen LogP contribution in [0.15, 0.2) is 35.7 Å². The molecule has 2 heterocycles. The zero-order valence-electron chi connectivity index (χ0n) is 13.2. The normalized spacial score (nSPS) is 14.3. The molecule has 0 spiro atoms. The maximum Gasteiger partial charge on any atom is 0.251 e. The lowest BCUT2D eigenvalue weighted by Crippen LogP contribution is -2.24. The van der Waals surface area contributed by atoms with Crippen molar-refractivity contribution in [2.75, 3.05) is 6.54 Å². The van der Waals surface area contributed by atoms with E-state index in [1.807, 2.05) is 41.5 Å². The van der Waals surface area contributed by atoms with Gasteiger partial charge < -0.3 is 10.2 Å². The topological polar surface area (TPSA) is 49.4 Å². The van der Waals surface area contributed by atoms with Crippen molar-refractivity contribution in [2.45, 2.75) is 32.9 Å². The Morgan fingerprint density at radius 2 is 2.04 bits per heavy atom.